The Balaban J connectivity index is 1.59. The number of nitrogens with one attached hydrogen (secondary N) is 1. The molecular weight excluding hydrogens is 441 g/mol. The Hall–Kier alpha value is -2.42. The molecule has 0 amide bonds. The van der Waals surface area contributed by atoms with Crippen molar-refractivity contribution >= 4 is 34.5 Å². The van der Waals surface area contributed by atoms with Crippen LogP contribution in [0.25, 0.3) is 17.2 Å². The lowest BCUT2D eigenvalue weighted by molar-refractivity contribution is 0.255. The summed E-state index contributed by atoms with van der Waals surface area (Å²) >= 11 is 2.20. The van der Waals surface area contributed by atoms with Crippen LogP contribution >= 0.6 is 22.6 Å². The van der Waals surface area contributed by atoms with Gasteiger partial charge in [-0.25, -0.2) is 9.97 Å². The van der Waals surface area contributed by atoms with Crippen LogP contribution in [0.15, 0.2) is 55.3 Å². The van der Waals surface area contributed by atoms with Gasteiger partial charge < -0.3 is 10.1 Å². The van der Waals surface area contributed by atoms with Gasteiger partial charge in [-0.3, -0.25) is 4.68 Å². The molecule has 1 unspecified atom stereocenters. The number of aryl methyl sites for hydroxylation is 1. The number of benzene rings is 1. The summed E-state index contributed by atoms with van der Waals surface area (Å²) in [5.74, 6) is 0.776. The highest BCUT2D eigenvalue weighted by Crippen LogP contribution is 2.19. The molecule has 7 heteroatoms. The van der Waals surface area contributed by atoms with E-state index in [0.29, 0.717) is 6.54 Å². The molecule has 3 aromatic rings. The maximum Gasteiger partial charge on any atom is 0.145 e. The predicted octanol–water partition coefficient (Wildman–Crippen LogP) is 4.26. The maximum atomic E-state index is 5.38. The van der Waals surface area contributed by atoms with Crippen molar-refractivity contribution in [1.82, 2.24) is 19.7 Å². The van der Waals surface area contributed by atoms with E-state index in [-0.39, 0.29) is 4.11 Å². The normalized spacial score (nSPS) is 12.3. The Labute approximate surface area is 166 Å². The minimum atomic E-state index is 0.123. The molecular formula is C19H20IN5O. The van der Waals surface area contributed by atoms with Crippen molar-refractivity contribution in [2.75, 3.05) is 5.32 Å². The fraction of sp³-hybridized carbons (Fsp3) is 0.211. The highest BCUT2D eigenvalue weighted by atomic mass is 127. The van der Waals surface area contributed by atoms with Crippen molar-refractivity contribution in [1.29, 1.82) is 0 Å². The van der Waals surface area contributed by atoms with Gasteiger partial charge >= 0.3 is 0 Å². The number of hydrogen-bond donors (Lipinski definition) is 1. The van der Waals surface area contributed by atoms with Crippen LogP contribution in [0.1, 0.15) is 18.2 Å². The predicted molar refractivity (Wildman–Crippen MR) is 112 cm³/mol. The molecule has 1 aromatic carbocycles. The molecule has 2 heterocycles. The van der Waals surface area contributed by atoms with Crippen molar-refractivity contribution in [3.8, 4) is 11.1 Å². The SMILES string of the molecule is CC(I)OC=Cc1cc(NCc2ccc(-c3cnn(C)c3)cc2)ncn1. The number of aromatic nitrogens is 4. The molecule has 0 saturated carbocycles. The Bertz CT molecular complexity index is 874. The Kier molecular flexibility index (Phi) is 6.21. The third-order valence-corrected chi connectivity index (χ3v) is 3.95. The Morgan fingerprint density at radius 2 is 2.04 bits per heavy atom. The van der Waals surface area contributed by atoms with E-state index in [1.807, 2.05) is 38.5 Å². The van der Waals surface area contributed by atoms with Crippen molar-refractivity contribution in [2.45, 2.75) is 17.6 Å². The van der Waals surface area contributed by atoms with Crippen LogP contribution in [0, 0.1) is 0 Å². The molecule has 0 bridgehead atoms. The van der Waals surface area contributed by atoms with Crippen molar-refractivity contribution in [3.05, 3.63) is 66.6 Å². The average molecular weight is 461 g/mol. The van der Waals surface area contributed by atoms with Crippen LogP contribution in [0.3, 0.4) is 0 Å². The molecule has 0 saturated heterocycles. The van der Waals surface area contributed by atoms with Gasteiger partial charge in [0.15, 0.2) is 0 Å². The summed E-state index contributed by atoms with van der Waals surface area (Å²) in [5.41, 5.74) is 4.24. The van der Waals surface area contributed by atoms with Gasteiger partial charge in [-0.2, -0.15) is 5.10 Å². The second-order valence-electron chi connectivity index (χ2n) is 5.76. The highest BCUT2D eigenvalue weighted by molar-refractivity contribution is 14.1. The Morgan fingerprint density at radius 1 is 1.23 bits per heavy atom. The summed E-state index contributed by atoms with van der Waals surface area (Å²) in [6, 6.07) is 10.3. The Morgan fingerprint density at radius 3 is 2.73 bits per heavy atom. The first-order chi connectivity index (χ1) is 12.6. The smallest absolute Gasteiger partial charge is 0.145 e. The average Bonchev–Trinajstić information content (AvgIpc) is 3.07. The number of nitrogens with zero attached hydrogens (tertiary/aromatic N) is 4. The topological polar surface area (TPSA) is 64.9 Å². The molecule has 0 aliphatic carbocycles. The second kappa shape index (κ2) is 8.79. The van der Waals surface area contributed by atoms with E-state index >= 15 is 0 Å². The molecule has 0 aliphatic heterocycles. The molecule has 0 fully saturated rings. The van der Waals surface area contributed by atoms with Crippen LogP contribution in [-0.2, 0) is 18.3 Å². The molecule has 3 rings (SSSR count). The first kappa shape index (κ1) is 18.4. The molecule has 2 aromatic heterocycles. The number of halogens is 1. The summed E-state index contributed by atoms with van der Waals surface area (Å²) in [6.45, 7) is 2.66. The van der Waals surface area contributed by atoms with E-state index in [9.17, 15) is 0 Å². The number of anilines is 1. The van der Waals surface area contributed by atoms with Gasteiger partial charge in [-0.1, -0.05) is 24.3 Å². The number of ether oxygens (including phenoxy) is 1. The third-order valence-electron chi connectivity index (χ3n) is 3.66. The summed E-state index contributed by atoms with van der Waals surface area (Å²) in [4.78, 5) is 8.47. The van der Waals surface area contributed by atoms with E-state index in [1.54, 1.807) is 17.3 Å². The van der Waals surface area contributed by atoms with Crippen LogP contribution in [0.2, 0.25) is 0 Å². The minimum absolute atomic E-state index is 0.123. The third kappa shape index (κ3) is 5.29. The fourth-order valence-corrected chi connectivity index (χ4v) is 2.52. The van der Waals surface area contributed by atoms with Gasteiger partial charge in [0.25, 0.3) is 0 Å². The lowest BCUT2D eigenvalue weighted by Crippen LogP contribution is -2.02. The van der Waals surface area contributed by atoms with E-state index < -0.39 is 0 Å². The van der Waals surface area contributed by atoms with E-state index in [4.69, 9.17) is 4.74 Å². The molecule has 0 aliphatic rings. The first-order valence-electron chi connectivity index (χ1n) is 8.20. The number of alkyl halides is 1. The van der Waals surface area contributed by atoms with Crippen molar-refractivity contribution < 1.29 is 4.74 Å². The second-order valence-corrected chi connectivity index (χ2v) is 7.52. The van der Waals surface area contributed by atoms with E-state index in [1.165, 1.54) is 5.56 Å². The molecule has 6 nitrogen and oxygen atoms in total. The van der Waals surface area contributed by atoms with E-state index in [0.717, 1.165) is 22.6 Å². The zero-order valence-corrected chi connectivity index (χ0v) is 16.8. The van der Waals surface area contributed by atoms with Crippen molar-refractivity contribution in [2.24, 2.45) is 7.05 Å². The van der Waals surface area contributed by atoms with Gasteiger partial charge in [0.2, 0.25) is 0 Å². The fourth-order valence-electron chi connectivity index (χ4n) is 2.36. The van der Waals surface area contributed by atoms with Crippen LogP contribution in [0.4, 0.5) is 5.82 Å². The van der Waals surface area contributed by atoms with Crippen LogP contribution in [-0.4, -0.2) is 23.9 Å². The standard InChI is InChI=1S/C19H20IN5O/c1-14(20)26-8-7-18-9-19(23-13-22-18)21-10-15-3-5-16(6-4-15)17-11-24-25(2)12-17/h3-9,11-14H,10H2,1-2H3,(H,21,22,23). The zero-order chi connectivity index (χ0) is 18.4. The molecule has 1 atom stereocenters. The molecule has 0 spiro atoms. The van der Waals surface area contributed by atoms with Gasteiger partial charge in [-0.05, 0) is 46.7 Å². The molecule has 134 valence electrons. The largest absolute Gasteiger partial charge is 0.488 e. The lowest BCUT2D eigenvalue weighted by atomic mass is 10.1. The van der Waals surface area contributed by atoms with E-state index in [2.05, 4.69) is 67.2 Å². The number of hydrogen-bond acceptors (Lipinski definition) is 5. The molecule has 0 radical (unpaired) electrons. The maximum absolute atomic E-state index is 5.38. The summed E-state index contributed by atoms with van der Waals surface area (Å²) in [5, 5.41) is 7.53. The number of rotatable bonds is 7. The lowest BCUT2D eigenvalue weighted by Gasteiger charge is -2.07. The summed E-state index contributed by atoms with van der Waals surface area (Å²) in [7, 11) is 1.92. The first-order valence-corrected chi connectivity index (χ1v) is 9.45. The quantitative estimate of drug-likeness (QED) is 0.324. The monoisotopic (exact) mass is 461 g/mol. The van der Waals surface area contributed by atoms with Gasteiger partial charge in [0.05, 0.1) is 18.2 Å². The van der Waals surface area contributed by atoms with Crippen LogP contribution < -0.4 is 5.32 Å². The van der Waals surface area contributed by atoms with Gasteiger partial charge in [0.1, 0.15) is 16.3 Å². The van der Waals surface area contributed by atoms with Gasteiger partial charge in [-0.15, -0.1) is 0 Å². The molecule has 1 N–H and O–H groups in total. The molecule has 26 heavy (non-hydrogen) atoms. The summed E-state index contributed by atoms with van der Waals surface area (Å²) < 4.78 is 7.31. The van der Waals surface area contributed by atoms with Crippen molar-refractivity contribution in [3.63, 3.8) is 0 Å². The highest BCUT2D eigenvalue weighted by Gasteiger charge is 2.02. The minimum Gasteiger partial charge on any atom is -0.488 e. The summed E-state index contributed by atoms with van der Waals surface area (Å²) in [6.07, 6.45) is 8.89. The van der Waals surface area contributed by atoms with Gasteiger partial charge in [0, 0.05) is 31.4 Å². The van der Waals surface area contributed by atoms with Crippen LogP contribution in [0.5, 0.6) is 0 Å². The zero-order valence-electron chi connectivity index (χ0n) is 14.6.